The summed E-state index contributed by atoms with van der Waals surface area (Å²) in [5, 5.41) is 19.6. The molecule has 0 bridgehead atoms. The van der Waals surface area contributed by atoms with E-state index in [0.29, 0.717) is 5.56 Å². The Labute approximate surface area is 253 Å². The van der Waals surface area contributed by atoms with E-state index in [0.717, 1.165) is 35.0 Å². The molecule has 2 aromatic carbocycles. The fourth-order valence-corrected chi connectivity index (χ4v) is 3.89. The summed E-state index contributed by atoms with van der Waals surface area (Å²) in [6.45, 7) is -0.444. The van der Waals surface area contributed by atoms with E-state index in [1.807, 2.05) is 0 Å². The van der Waals surface area contributed by atoms with Crippen LogP contribution in [0.4, 0.5) is 40.9 Å². The van der Waals surface area contributed by atoms with Gasteiger partial charge in [0.1, 0.15) is 23.5 Å². The van der Waals surface area contributed by atoms with E-state index in [1.165, 1.54) is 29.2 Å². The summed E-state index contributed by atoms with van der Waals surface area (Å²) in [4.78, 5) is 24.6. The van der Waals surface area contributed by atoms with Gasteiger partial charge in [-0.15, -0.1) is 36.5 Å². The summed E-state index contributed by atoms with van der Waals surface area (Å²) in [6.07, 6.45) is -9.66. The minimum atomic E-state index is -5.00. The number of nitrogens with zero attached hydrogens (tertiary/aromatic N) is 6. The van der Waals surface area contributed by atoms with Gasteiger partial charge in [-0.3, -0.25) is 14.3 Å². The van der Waals surface area contributed by atoms with Crippen LogP contribution in [0.2, 0.25) is 0 Å². The second-order valence-corrected chi connectivity index (χ2v) is 9.48. The van der Waals surface area contributed by atoms with Gasteiger partial charge in [0.05, 0.1) is 25.4 Å². The lowest BCUT2D eigenvalue weighted by molar-refractivity contribution is -0.275. The van der Waals surface area contributed by atoms with E-state index in [1.54, 1.807) is 0 Å². The van der Waals surface area contributed by atoms with E-state index in [-0.39, 0.29) is 43.1 Å². The average molecular weight is 662 g/mol. The van der Waals surface area contributed by atoms with Gasteiger partial charge >= 0.3 is 12.7 Å². The van der Waals surface area contributed by atoms with Crippen molar-refractivity contribution in [2.75, 3.05) is 5.32 Å². The highest BCUT2D eigenvalue weighted by molar-refractivity contribution is 5.92. The summed E-state index contributed by atoms with van der Waals surface area (Å²) in [5.74, 6) is -3.66. The molecule has 0 radical (unpaired) electrons. The highest BCUT2D eigenvalue weighted by atomic mass is 19.4. The number of halogens is 8. The van der Waals surface area contributed by atoms with Crippen LogP contribution < -0.4 is 20.1 Å². The Morgan fingerprint density at radius 2 is 1.59 bits per heavy atom. The number of alkyl halides is 7. The van der Waals surface area contributed by atoms with Gasteiger partial charge < -0.3 is 20.1 Å². The van der Waals surface area contributed by atoms with Crippen molar-refractivity contribution in [1.82, 2.24) is 35.3 Å². The molecule has 1 unspecified atom stereocenters. The monoisotopic (exact) mass is 662 g/mol. The molecule has 0 aliphatic heterocycles. The molecular weight excluding hydrogens is 640 g/mol. The molecule has 46 heavy (non-hydrogen) atoms. The number of nitrogens with one attached hydrogen (secondary N) is 2. The van der Waals surface area contributed by atoms with E-state index >= 15 is 0 Å². The number of hydrogen-bond donors (Lipinski definition) is 2. The summed E-state index contributed by atoms with van der Waals surface area (Å²) >= 11 is 0. The zero-order chi connectivity index (χ0) is 33.5. The first-order valence-electron chi connectivity index (χ1n) is 13.0. The summed E-state index contributed by atoms with van der Waals surface area (Å²) in [7, 11) is 0. The molecule has 0 saturated carbocycles. The van der Waals surface area contributed by atoms with Crippen molar-refractivity contribution in [3.8, 4) is 11.5 Å². The summed E-state index contributed by atoms with van der Waals surface area (Å²) < 4.78 is 113. The molecule has 12 nitrogen and oxygen atoms in total. The molecule has 2 aromatic heterocycles. The Bertz CT molecular complexity index is 1660. The predicted octanol–water partition coefficient (Wildman–Crippen LogP) is 4.35. The molecule has 2 amide bonds. The molecule has 0 spiro atoms. The second-order valence-electron chi connectivity index (χ2n) is 9.48. The molecule has 2 heterocycles. The van der Waals surface area contributed by atoms with Crippen molar-refractivity contribution in [1.29, 1.82) is 0 Å². The first-order valence-corrected chi connectivity index (χ1v) is 13.0. The van der Waals surface area contributed by atoms with Crippen LogP contribution in [-0.2, 0) is 30.8 Å². The Balaban J connectivity index is 1.21. The van der Waals surface area contributed by atoms with Crippen LogP contribution in [0.3, 0.4) is 0 Å². The molecule has 4 rings (SSSR count). The lowest BCUT2D eigenvalue weighted by Gasteiger charge is -2.10. The van der Waals surface area contributed by atoms with Crippen LogP contribution in [0.15, 0.2) is 54.9 Å². The minimum absolute atomic E-state index is 0.00531. The number of hydrogen-bond acceptors (Lipinski definition) is 8. The van der Waals surface area contributed by atoms with Crippen LogP contribution in [0.1, 0.15) is 28.0 Å². The van der Waals surface area contributed by atoms with Crippen molar-refractivity contribution >= 4 is 17.6 Å². The Hall–Kier alpha value is -5.30. The topological polar surface area (TPSA) is 138 Å². The largest absolute Gasteiger partial charge is 0.573 e. The maximum atomic E-state index is 14.6. The smallest absolute Gasteiger partial charge is 0.406 e. The minimum Gasteiger partial charge on any atom is -0.406 e. The lowest BCUT2D eigenvalue weighted by atomic mass is 10.1. The average Bonchev–Trinajstić information content (AvgIpc) is 3.60. The van der Waals surface area contributed by atoms with Gasteiger partial charge in [-0.25, -0.2) is 13.5 Å². The number of aryl methyl sites for hydroxylation is 1. The molecule has 246 valence electrons. The standard InChI is InChI=1S/C26H22F8N8O4/c27-17(12-42-13-21(37-39-42)24(44)35-11-15-2-1-3-18(8-15)45-25(29,30)31)6-7-41-14-22(38-40-41)36-23(43)10-16-9-19(4-5-20(16)28)46-26(32,33)34/h1-5,8-9,13-14,17H,6-7,10-12H2,(H,35,44)(H,36,43). The number of benzene rings is 2. The Morgan fingerprint density at radius 1 is 0.891 bits per heavy atom. The molecule has 1 atom stereocenters. The molecular formula is C26H22F8N8O4. The highest BCUT2D eigenvalue weighted by Gasteiger charge is 2.32. The van der Waals surface area contributed by atoms with Crippen molar-refractivity contribution < 1.29 is 54.2 Å². The first kappa shape index (κ1) is 33.6. The molecule has 4 aromatic rings. The van der Waals surface area contributed by atoms with Gasteiger partial charge in [0.15, 0.2) is 11.5 Å². The number of anilines is 1. The van der Waals surface area contributed by atoms with Crippen molar-refractivity contribution in [2.45, 2.75) is 51.4 Å². The number of carbonyl (C=O) groups excluding carboxylic acids is 2. The predicted molar refractivity (Wildman–Crippen MR) is 139 cm³/mol. The number of rotatable bonds is 13. The van der Waals surface area contributed by atoms with Crippen molar-refractivity contribution in [3.05, 3.63) is 77.5 Å². The van der Waals surface area contributed by atoms with Crippen LogP contribution in [0.5, 0.6) is 11.5 Å². The van der Waals surface area contributed by atoms with Gasteiger partial charge in [0, 0.05) is 25.1 Å². The zero-order valence-corrected chi connectivity index (χ0v) is 23.1. The maximum absolute atomic E-state index is 14.6. The van der Waals surface area contributed by atoms with Crippen LogP contribution >= 0.6 is 0 Å². The first-order chi connectivity index (χ1) is 21.6. The zero-order valence-electron chi connectivity index (χ0n) is 23.1. The molecule has 0 fully saturated rings. The lowest BCUT2D eigenvalue weighted by Crippen LogP contribution is -2.23. The van der Waals surface area contributed by atoms with Gasteiger partial charge in [-0.1, -0.05) is 22.6 Å². The third-order valence-corrected chi connectivity index (χ3v) is 5.82. The highest BCUT2D eigenvalue weighted by Crippen LogP contribution is 2.25. The van der Waals surface area contributed by atoms with E-state index in [4.69, 9.17) is 0 Å². The van der Waals surface area contributed by atoms with Crippen LogP contribution in [0.25, 0.3) is 0 Å². The quantitative estimate of drug-likeness (QED) is 0.202. The van der Waals surface area contributed by atoms with Crippen LogP contribution in [0, 0.1) is 5.82 Å². The molecule has 0 aliphatic carbocycles. The van der Waals surface area contributed by atoms with Gasteiger partial charge in [-0.2, -0.15) is 0 Å². The molecule has 0 aliphatic rings. The van der Waals surface area contributed by atoms with Crippen molar-refractivity contribution in [3.63, 3.8) is 0 Å². The SMILES string of the molecule is O=C(Cc1cc(OC(F)(F)F)ccc1F)Nc1cn(CCC(F)Cn2cc(C(=O)NCc3cccc(OC(F)(F)F)c3)nn2)nn1. The van der Waals surface area contributed by atoms with Gasteiger partial charge in [-0.05, 0) is 35.9 Å². The Kier molecular flexibility index (Phi) is 10.4. The molecule has 0 saturated heterocycles. The Morgan fingerprint density at radius 3 is 2.30 bits per heavy atom. The van der Waals surface area contributed by atoms with Crippen molar-refractivity contribution in [2.24, 2.45) is 0 Å². The van der Waals surface area contributed by atoms with Gasteiger partial charge in [0.25, 0.3) is 5.91 Å². The number of amides is 2. The summed E-state index contributed by atoms with van der Waals surface area (Å²) in [5.41, 5.74) is -0.197. The number of ether oxygens (including phenoxy) is 2. The third kappa shape index (κ3) is 10.7. The normalized spacial score (nSPS) is 12.4. The fraction of sp³-hybridized carbons (Fsp3) is 0.308. The fourth-order valence-electron chi connectivity index (χ4n) is 3.89. The maximum Gasteiger partial charge on any atom is 0.573 e. The van der Waals surface area contributed by atoms with E-state index in [9.17, 15) is 44.7 Å². The summed E-state index contributed by atoms with van der Waals surface area (Å²) in [6, 6.07) is 7.24. The van der Waals surface area contributed by atoms with Crippen LogP contribution in [-0.4, -0.2) is 60.7 Å². The number of aromatic nitrogens is 6. The third-order valence-electron chi connectivity index (χ3n) is 5.82. The number of carbonyl (C=O) groups is 2. The van der Waals surface area contributed by atoms with E-state index < -0.39 is 54.4 Å². The second kappa shape index (κ2) is 14.2. The molecule has 20 heteroatoms. The van der Waals surface area contributed by atoms with E-state index in [2.05, 4.69) is 40.7 Å². The molecule has 2 N–H and O–H groups in total. The van der Waals surface area contributed by atoms with Gasteiger partial charge in [0.2, 0.25) is 5.91 Å².